The molecule has 2 aromatic rings. The van der Waals surface area contributed by atoms with Gasteiger partial charge in [0.15, 0.2) is 0 Å². The zero-order valence-electron chi connectivity index (χ0n) is 17.1. The Morgan fingerprint density at radius 3 is 2.37 bits per heavy atom. The van der Waals surface area contributed by atoms with Gasteiger partial charge in [-0.3, -0.25) is 9.59 Å². The normalized spacial score (nSPS) is 26.7. The Balaban J connectivity index is 1.68. The maximum Gasteiger partial charge on any atom is 0.251 e. The van der Waals surface area contributed by atoms with Crippen LogP contribution in [0.15, 0.2) is 54.6 Å². The molecule has 0 aromatic heterocycles. The van der Waals surface area contributed by atoms with Gasteiger partial charge in [0.2, 0.25) is 5.91 Å². The first-order valence-electron chi connectivity index (χ1n) is 10.5. The summed E-state index contributed by atoms with van der Waals surface area (Å²) >= 11 is 0. The molecule has 2 aliphatic rings. The maximum atomic E-state index is 13.3. The lowest BCUT2D eigenvalue weighted by Crippen LogP contribution is -2.64. The summed E-state index contributed by atoms with van der Waals surface area (Å²) in [7, 11) is 0. The van der Waals surface area contributed by atoms with Gasteiger partial charge >= 0.3 is 0 Å². The molecule has 0 radical (unpaired) electrons. The Kier molecular flexibility index (Phi) is 5.60. The molecular weight excluding hydrogens is 383 g/mol. The molecule has 3 unspecified atom stereocenters. The second kappa shape index (κ2) is 8.19. The third-order valence-corrected chi connectivity index (χ3v) is 6.45. The molecule has 2 fully saturated rings. The Morgan fingerprint density at radius 2 is 1.77 bits per heavy atom. The topological polar surface area (TPSA) is 69.6 Å². The predicted octanol–water partition coefficient (Wildman–Crippen LogP) is 3.45. The zero-order valence-corrected chi connectivity index (χ0v) is 17.1. The summed E-state index contributed by atoms with van der Waals surface area (Å²) < 4.78 is 13.3. The Hall–Kier alpha value is -2.73. The molecule has 1 aliphatic heterocycles. The highest BCUT2D eigenvalue weighted by molar-refractivity contribution is 5.94. The second-order valence-electron chi connectivity index (χ2n) is 8.58. The third-order valence-electron chi connectivity index (χ3n) is 6.45. The maximum absolute atomic E-state index is 13.3. The van der Waals surface area contributed by atoms with Gasteiger partial charge in [-0.05, 0) is 56.0 Å². The van der Waals surface area contributed by atoms with Gasteiger partial charge in [0.1, 0.15) is 5.82 Å². The van der Waals surface area contributed by atoms with E-state index in [0.29, 0.717) is 18.5 Å². The Labute approximate surface area is 175 Å². The van der Waals surface area contributed by atoms with Gasteiger partial charge in [-0.1, -0.05) is 36.8 Å². The van der Waals surface area contributed by atoms with Gasteiger partial charge in [0.05, 0.1) is 17.7 Å². The first-order chi connectivity index (χ1) is 14.4. The number of aliphatic hydroxyl groups is 1. The van der Waals surface area contributed by atoms with Crippen molar-refractivity contribution in [3.8, 4) is 0 Å². The van der Waals surface area contributed by atoms with E-state index < -0.39 is 29.4 Å². The van der Waals surface area contributed by atoms with Gasteiger partial charge in [-0.25, -0.2) is 4.39 Å². The van der Waals surface area contributed by atoms with Crippen LogP contribution in [0, 0.1) is 11.7 Å². The highest BCUT2D eigenvalue weighted by Gasteiger charge is 2.49. The Morgan fingerprint density at radius 1 is 1.10 bits per heavy atom. The van der Waals surface area contributed by atoms with Crippen molar-refractivity contribution in [2.45, 2.75) is 50.3 Å². The van der Waals surface area contributed by atoms with E-state index in [-0.39, 0.29) is 11.8 Å². The molecule has 6 heteroatoms. The largest absolute Gasteiger partial charge is 0.388 e. The van der Waals surface area contributed by atoms with Crippen LogP contribution in [0.2, 0.25) is 0 Å². The summed E-state index contributed by atoms with van der Waals surface area (Å²) in [5.41, 5.74) is -0.0249. The van der Waals surface area contributed by atoms with Crippen molar-refractivity contribution in [3.05, 3.63) is 71.5 Å². The van der Waals surface area contributed by atoms with Crippen LogP contribution in [-0.2, 0) is 4.79 Å². The second-order valence-corrected chi connectivity index (χ2v) is 8.58. The quantitative estimate of drug-likeness (QED) is 0.811. The van der Waals surface area contributed by atoms with Crippen LogP contribution in [0.5, 0.6) is 0 Å². The number of likely N-dealkylation sites (tertiary alicyclic amines) is 1. The minimum absolute atomic E-state index is 0.0210. The number of hydrogen-bond donors (Lipinski definition) is 2. The average molecular weight is 410 g/mol. The highest BCUT2D eigenvalue weighted by Crippen LogP contribution is 2.40. The first-order valence-corrected chi connectivity index (χ1v) is 10.5. The fourth-order valence-electron chi connectivity index (χ4n) is 4.38. The van der Waals surface area contributed by atoms with Crippen LogP contribution in [0.25, 0.3) is 0 Å². The molecule has 2 aromatic carbocycles. The van der Waals surface area contributed by atoms with E-state index in [1.54, 1.807) is 6.92 Å². The molecule has 1 saturated carbocycles. The number of hydrogen-bond acceptors (Lipinski definition) is 3. The number of nitrogens with one attached hydrogen (secondary N) is 1. The molecule has 0 spiro atoms. The van der Waals surface area contributed by atoms with E-state index in [1.165, 1.54) is 24.3 Å². The van der Waals surface area contributed by atoms with E-state index in [2.05, 4.69) is 5.32 Å². The summed E-state index contributed by atoms with van der Waals surface area (Å²) in [5, 5.41) is 14.2. The zero-order chi connectivity index (χ0) is 21.3. The van der Waals surface area contributed by atoms with Crippen molar-refractivity contribution in [3.63, 3.8) is 0 Å². The van der Waals surface area contributed by atoms with Crippen molar-refractivity contribution in [1.29, 1.82) is 0 Å². The van der Waals surface area contributed by atoms with Crippen molar-refractivity contribution in [2.75, 3.05) is 6.54 Å². The van der Waals surface area contributed by atoms with Crippen molar-refractivity contribution in [2.24, 2.45) is 5.92 Å². The lowest BCUT2D eigenvalue weighted by atomic mass is 9.77. The van der Waals surface area contributed by atoms with Crippen LogP contribution in [0.4, 0.5) is 4.39 Å². The van der Waals surface area contributed by atoms with Gasteiger partial charge in [0, 0.05) is 18.0 Å². The van der Waals surface area contributed by atoms with Crippen molar-refractivity contribution in [1.82, 2.24) is 10.2 Å². The van der Waals surface area contributed by atoms with E-state index in [4.69, 9.17) is 0 Å². The average Bonchev–Trinajstić information content (AvgIpc) is 2.69. The number of carbonyl (C=O) groups excluding carboxylic acids is 2. The minimum Gasteiger partial charge on any atom is -0.388 e. The molecule has 1 saturated heterocycles. The Bertz CT molecular complexity index is 910. The highest BCUT2D eigenvalue weighted by atomic mass is 19.1. The molecule has 1 heterocycles. The predicted molar refractivity (Wildman–Crippen MR) is 111 cm³/mol. The molecule has 158 valence electrons. The van der Waals surface area contributed by atoms with Crippen LogP contribution in [-0.4, -0.2) is 40.0 Å². The van der Waals surface area contributed by atoms with E-state index in [1.807, 2.05) is 35.2 Å². The lowest BCUT2D eigenvalue weighted by molar-refractivity contribution is -0.149. The molecule has 4 rings (SSSR count). The van der Waals surface area contributed by atoms with Crippen molar-refractivity contribution >= 4 is 11.8 Å². The SMILES string of the molecule is CC1(O)CCN(C(=O)C2CCC2)C(c2ccccc2)C1NC(=O)c1ccc(F)cc1. The molecule has 5 nitrogen and oxygen atoms in total. The minimum atomic E-state index is -1.20. The molecular formula is C24H27FN2O3. The van der Waals surface area contributed by atoms with Crippen LogP contribution in [0.3, 0.4) is 0 Å². The molecule has 2 N–H and O–H groups in total. The summed E-state index contributed by atoms with van der Waals surface area (Å²) in [5.74, 6) is -0.714. The molecule has 0 bridgehead atoms. The van der Waals surface area contributed by atoms with E-state index in [0.717, 1.165) is 24.8 Å². The van der Waals surface area contributed by atoms with Gasteiger partial charge in [0.25, 0.3) is 5.91 Å². The van der Waals surface area contributed by atoms with Gasteiger partial charge in [-0.15, -0.1) is 0 Å². The number of amides is 2. The van der Waals surface area contributed by atoms with Crippen LogP contribution in [0.1, 0.15) is 54.6 Å². The van der Waals surface area contributed by atoms with Gasteiger partial charge in [-0.2, -0.15) is 0 Å². The molecule has 30 heavy (non-hydrogen) atoms. The number of piperidine rings is 1. The summed E-state index contributed by atoms with van der Waals surface area (Å²) in [6, 6.07) is 13.6. The fourth-order valence-corrected chi connectivity index (χ4v) is 4.38. The summed E-state index contributed by atoms with van der Waals surface area (Å²) in [6.45, 7) is 2.13. The number of rotatable bonds is 4. The molecule has 1 aliphatic carbocycles. The number of benzene rings is 2. The molecule has 3 atom stereocenters. The monoisotopic (exact) mass is 410 g/mol. The number of nitrogens with zero attached hydrogens (tertiary/aromatic N) is 1. The lowest BCUT2D eigenvalue weighted by Gasteiger charge is -2.50. The number of halogens is 1. The molecule has 2 amide bonds. The summed E-state index contributed by atoms with van der Waals surface area (Å²) in [6.07, 6.45) is 3.20. The standard InChI is InChI=1S/C24H27FN2O3/c1-24(30)14-15-27(23(29)18-8-5-9-18)20(16-6-3-2-4-7-16)21(24)26-22(28)17-10-12-19(25)13-11-17/h2-4,6-7,10-13,18,20-21,30H,5,8-9,14-15H2,1H3,(H,26,28). The fraction of sp³-hybridized carbons (Fsp3) is 0.417. The van der Waals surface area contributed by atoms with E-state index in [9.17, 15) is 19.1 Å². The van der Waals surface area contributed by atoms with Gasteiger partial charge < -0.3 is 15.3 Å². The summed E-state index contributed by atoms with van der Waals surface area (Å²) in [4.78, 5) is 27.9. The van der Waals surface area contributed by atoms with E-state index >= 15 is 0 Å². The smallest absolute Gasteiger partial charge is 0.251 e. The van der Waals surface area contributed by atoms with Crippen molar-refractivity contribution < 1.29 is 19.1 Å². The number of carbonyl (C=O) groups is 2. The van der Waals surface area contributed by atoms with Crippen LogP contribution < -0.4 is 5.32 Å². The third kappa shape index (κ3) is 3.97. The first kappa shape index (κ1) is 20.5. The van der Waals surface area contributed by atoms with Crippen LogP contribution >= 0.6 is 0 Å².